The Kier molecular flexibility index (Phi) is 24.2. The Bertz CT molecular complexity index is 141. The summed E-state index contributed by atoms with van der Waals surface area (Å²) in [4.78, 5) is 10.3. The average molecular weight is 219 g/mol. The van der Waals surface area contributed by atoms with Gasteiger partial charge >= 0.3 is 5.97 Å². The van der Waals surface area contributed by atoms with Crippen molar-refractivity contribution in [2.45, 2.75) is 33.6 Å². The van der Waals surface area contributed by atoms with E-state index < -0.39 is 5.97 Å². The predicted octanol–water partition coefficient (Wildman–Crippen LogP) is 1.29. The monoisotopic (exact) mass is 219 g/mol. The fraction of sp³-hybridized carbons (Fsp3) is 0.800. The molecular weight excluding hydrogens is 194 g/mol. The van der Waals surface area contributed by atoms with E-state index in [2.05, 4.69) is 11.1 Å². The number of nitrogens with one attached hydrogen (secondary N) is 2. The van der Waals surface area contributed by atoms with Crippen molar-refractivity contribution in [1.29, 1.82) is 5.41 Å². The minimum absolute atomic E-state index is 0.201. The highest BCUT2D eigenvalue weighted by Gasteiger charge is 2.08. The minimum Gasteiger partial charge on any atom is -0.481 e. The van der Waals surface area contributed by atoms with Gasteiger partial charge in [-0.05, 0) is 26.4 Å². The Morgan fingerprint density at radius 3 is 2.27 bits per heavy atom. The van der Waals surface area contributed by atoms with Crippen LogP contribution in [0.15, 0.2) is 0 Å². The molecule has 92 valence electrons. The first-order valence-corrected chi connectivity index (χ1v) is 5.18. The summed E-state index contributed by atoms with van der Waals surface area (Å²) in [6.45, 7) is 6.63. The highest BCUT2D eigenvalue weighted by molar-refractivity contribution is 5.69. The van der Waals surface area contributed by atoms with Gasteiger partial charge in [-0.15, -0.1) is 0 Å². The third-order valence-corrected chi connectivity index (χ3v) is 1.49. The van der Waals surface area contributed by atoms with Gasteiger partial charge < -0.3 is 16.2 Å². The number of rotatable bonds is 5. The van der Waals surface area contributed by atoms with Gasteiger partial charge in [-0.3, -0.25) is 10.2 Å². The number of aliphatic carboxylic acids is 1. The van der Waals surface area contributed by atoms with E-state index in [1.807, 2.05) is 20.9 Å². The molecule has 0 fully saturated rings. The Morgan fingerprint density at radius 1 is 1.60 bits per heavy atom. The molecule has 0 bridgehead atoms. The van der Waals surface area contributed by atoms with Crippen LogP contribution in [-0.4, -0.2) is 31.0 Å². The van der Waals surface area contributed by atoms with Crippen LogP contribution in [0.5, 0.6) is 0 Å². The smallest absolute Gasteiger partial charge is 0.306 e. The van der Waals surface area contributed by atoms with E-state index in [4.69, 9.17) is 10.5 Å². The average Bonchev–Trinajstić information content (AvgIpc) is 2.22. The van der Waals surface area contributed by atoms with Crippen LogP contribution in [0, 0.1) is 11.3 Å². The van der Waals surface area contributed by atoms with Crippen molar-refractivity contribution in [1.82, 2.24) is 5.32 Å². The number of carboxylic acid groups (broad SMARTS) is 1. The largest absolute Gasteiger partial charge is 0.481 e. The highest BCUT2D eigenvalue weighted by Crippen LogP contribution is 2.03. The quantitative estimate of drug-likeness (QED) is 0.318. The standard InChI is InChI=1S/C7H15NO2.C2H6.CH4N2/c1-6(7(9)10)4-3-5-8-2;1-2;2-1-3/h6,8H,3-5H2,1-2H3,(H,9,10);1-2H3;1H,(H3,2,3). The van der Waals surface area contributed by atoms with Crippen LogP contribution < -0.4 is 11.1 Å². The molecule has 0 saturated carbocycles. The van der Waals surface area contributed by atoms with E-state index in [0.717, 1.165) is 25.7 Å². The zero-order valence-corrected chi connectivity index (χ0v) is 10.2. The van der Waals surface area contributed by atoms with Crippen LogP contribution in [0.2, 0.25) is 0 Å². The van der Waals surface area contributed by atoms with Gasteiger partial charge in [0.05, 0.1) is 12.3 Å². The topological polar surface area (TPSA) is 99.2 Å². The Hall–Kier alpha value is -1.10. The number of hydrogen-bond donors (Lipinski definition) is 4. The Balaban J connectivity index is -0.000000245. The fourth-order valence-electron chi connectivity index (χ4n) is 0.709. The van der Waals surface area contributed by atoms with Gasteiger partial charge in [0.25, 0.3) is 0 Å². The molecule has 5 nitrogen and oxygen atoms in total. The molecule has 0 saturated heterocycles. The van der Waals surface area contributed by atoms with Gasteiger partial charge in [0.15, 0.2) is 0 Å². The summed E-state index contributed by atoms with van der Waals surface area (Å²) < 4.78 is 0. The number of hydrogen-bond acceptors (Lipinski definition) is 3. The summed E-state index contributed by atoms with van der Waals surface area (Å²) in [5, 5.41) is 17.3. The summed E-state index contributed by atoms with van der Waals surface area (Å²) in [6, 6.07) is 0. The van der Waals surface area contributed by atoms with E-state index in [9.17, 15) is 4.79 Å². The van der Waals surface area contributed by atoms with Crippen molar-refractivity contribution in [3.63, 3.8) is 0 Å². The maximum absolute atomic E-state index is 10.3. The summed E-state index contributed by atoms with van der Waals surface area (Å²) >= 11 is 0. The zero-order chi connectivity index (χ0) is 12.7. The van der Waals surface area contributed by atoms with Crippen LogP contribution in [0.3, 0.4) is 0 Å². The molecule has 0 aliphatic rings. The van der Waals surface area contributed by atoms with Gasteiger partial charge in [-0.1, -0.05) is 20.8 Å². The molecule has 0 aliphatic carbocycles. The molecular formula is C10H25N3O2. The number of carboxylic acids is 1. The molecule has 0 amide bonds. The lowest BCUT2D eigenvalue weighted by Crippen LogP contribution is -2.13. The van der Waals surface area contributed by atoms with Crippen molar-refractivity contribution in [2.24, 2.45) is 11.7 Å². The highest BCUT2D eigenvalue weighted by atomic mass is 16.4. The van der Waals surface area contributed by atoms with Crippen LogP contribution in [0.25, 0.3) is 0 Å². The van der Waals surface area contributed by atoms with Crippen molar-refractivity contribution in [3.05, 3.63) is 0 Å². The predicted molar refractivity (Wildman–Crippen MR) is 64.3 cm³/mol. The van der Waals surface area contributed by atoms with Crippen molar-refractivity contribution >= 4 is 12.3 Å². The first-order valence-electron chi connectivity index (χ1n) is 5.18. The lowest BCUT2D eigenvalue weighted by molar-refractivity contribution is -0.141. The molecule has 0 spiro atoms. The van der Waals surface area contributed by atoms with Crippen LogP contribution >= 0.6 is 0 Å². The van der Waals surface area contributed by atoms with Gasteiger partial charge in [-0.2, -0.15) is 0 Å². The number of carbonyl (C=O) groups is 1. The van der Waals surface area contributed by atoms with Crippen LogP contribution in [0.4, 0.5) is 0 Å². The molecule has 0 aromatic carbocycles. The molecule has 0 radical (unpaired) electrons. The summed E-state index contributed by atoms with van der Waals surface area (Å²) in [7, 11) is 1.87. The second kappa shape index (κ2) is 18.6. The third kappa shape index (κ3) is 24.6. The SMILES string of the molecule is CC.CNCCCC(C)C(=O)O.N=CN. The Morgan fingerprint density at radius 2 is 2.00 bits per heavy atom. The fourth-order valence-corrected chi connectivity index (χ4v) is 0.709. The molecule has 1 atom stereocenters. The molecule has 5 N–H and O–H groups in total. The van der Waals surface area contributed by atoms with Gasteiger partial charge in [0, 0.05) is 0 Å². The second-order valence-corrected chi connectivity index (χ2v) is 2.65. The lowest BCUT2D eigenvalue weighted by Gasteiger charge is -2.03. The summed E-state index contributed by atoms with van der Waals surface area (Å²) in [5.41, 5.74) is 4.39. The summed E-state index contributed by atoms with van der Waals surface area (Å²) in [6.07, 6.45) is 2.44. The zero-order valence-electron chi connectivity index (χ0n) is 10.2. The molecule has 0 rings (SSSR count). The maximum Gasteiger partial charge on any atom is 0.306 e. The van der Waals surface area contributed by atoms with E-state index in [1.165, 1.54) is 0 Å². The van der Waals surface area contributed by atoms with Crippen LogP contribution in [0.1, 0.15) is 33.6 Å². The lowest BCUT2D eigenvalue weighted by atomic mass is 10.1. The normalized spacial score (nSPS) is 9.87. The van der Waals surface area contributed by atoms with E-state index in [1.54, 1.807) is 6.92 Å². The molecule has 1 unspecified atom stereocenters. The maximum atomic E-state index is 10.3. The van der Waals surface area contributed by atoms with Gasteiger partial charge in [-0.25, -0.2) is 0 Å². The van der Waals surface area contributed by atoms with E-state index in [-0.39, 0.29) is 5.92 Å². The first-order chi connectivity index (χ1) is 7.09. The molecule has 0 aromatic heterocycles. The van der Waals surface area contributed by atoms with Crippen molar-refractivity contribution in [3.8, 4) is 0 Å². The molecule has 0 aromatic rings. The summed E-state index contributed by atoms with van der Waals surface area (Å²) in [5.74, 6) is -0.899. The minimum atomic E-state index is -0.698. The van der Waals surface area contributed by atoms with Crippen molar-refractivity contribution < 1.29 is 9.90 Å². The van der Waals surface area contributed by atoms with Crippen LogP contribution in [-0.2, 0) is 4.79 Å². The Labute approximate surface area is 92.6 Å². The number of nitrogens with two attached hydrogens (primary N) is 1. The molecule has 5 heteroatoms. The van der Waals surface area contributed by atoms with Gasteiger partial charge in [0.2, 0.25) is 0 Å². The second-order valence-electron chi connectivity index (χ2n) is 2.65. The molecule has 0 heterocycles. The molecule has 0 aliphatic heterocycles. The molecule has 15 heavy (non-hydrogen) atoms. The van der Waals surface area contributed by atoms with E-state index >= 15 is 0 Å². The van der Waals surface area contributed by atoms with E-state index in [0.29, 0.717) is 0 Å². The third-order valence-electron chi connectivity index (χ3n) is 1.49. The first kappa shape index (κ1) is 19.5. The van der Waals surface area contributed by atoms with Gasteiger partial charge in [0.1, 0.15) is 0 Å². The van der Waals surface area contributed by atoms with Crippen molar-refractivity contribution in [2.75, 3.05) is 13.6 Å².